The first kappa shape index (κ1) is 22.1. The molecule has 7 heteroatoms. The van der Waals surface area contributed by atoms with Crippen LogP contribution in [0.15, 0.2) is 60.9 Å². The van der Waals surface area contributed by atoms with E-state index in [0.29, 0.717) is 18.5 Å². The van der Waals surface area contributed by atoms with E-state index in [1.165, 1.54) is 6.08 Å². The number of nitrogens with zero attached hydrogens (tertiary/aromatic N) is 2. The Morgan fingerprint density at radius 1 is 1.03 bits per heavy atom. The van der Waals surface area contributed by atoms with Crippen LogP contribution < -0.4 is 5.32 Å². The molecular formula is C24H25N3O4. The molecule has 0 spiro atoms. The lowest BCUT2D eigenvalue weighted by Gasteiger charge is -2.28. The minimum absolute atomic E-state index is 0.0685. The number of hydrogen-bond acceptors (Lipinski definition) is 5. The minimum Gasteiger partial charge on any atom is -0.353 e. The number of amides is 4. The highest BCUT2D eigenvalue weighted by molar-refractivity contribution is 6.17. The first-order valence-corrected chi connectivity index (χ1v) is 10.4. The Hall–Kier alpha value is -3.61. The van der Waals surface area contributed by atoms with Gasteiger partial charge < -0.3 is 5.32 Å². The van der Waals surface area contributed by atoms with Gasteiger partial charge in [0.2, 0.25) is 17.7 Å². The Balaban J connectivity index is 1.37. The van der Waals surface area contributed by atoms with Crippen molar-refractivity contribution in [2.75, 3.05) is 6.54 Å². The van der Waals surface area contributed by atoms with Crippen LogP contribution in [-0.4, -0.2) is 40.1 Å². The maximum atomic E-state index is 12.5. The van der Waals surface area contributed by atoms with Gasteiger partial charge in [-0.3, -0.25) is 24.2 Å². The van der Waals surface area contributed by atoms with Crippen molar-refractivity contribution in [2.24, 2.45) is 5.92 Å². The van der Waals surface area contributed by atoms with Crippen LogP contribution in [0.1, 0.15) is 48.0 Å². The SMILES string of the molecule is O=C(/C=C\c1cccnc1)NCCCCC1CC(=O)N(C(=O)c2ccccc2)C(=O)C1. The molecule has 0 atom stereocenters. The van der Waals surface area contributed by atoms with Gasteiger partial charge in [0.1, 0.15) is 0 Å². The summed E-state index contributed by atoms with van der Waals surface area (Å²) in [6.07, 6.45) is 9.11. The van der Waals surface area contributed by atoms with Crippen LogP contribution in [0, 0.1) is 5.92 Å². The van der Waals surface area contributed by atoms with E-state index in [1.807, 2.05) is 6.07 Å². The van der Waals surface area contributed by atoms with Crippen LogP contribution in [0.25, 0.3) is 6.08 Å². The number of likely N-dealkylation sites (tertiary alicyclic amines) is 1. The van der Waals surface area contributed by atoms with Gasteiger partial charge in [-0.2, -0.15) is 0 Å². The number of imide groups is 3. The molecule has 0 saturated carbocycles. The van der Waals surface area contributed by atoms with Crippen molar-refractivity contribution in [1.82, 2.24) is 15.2 Å². The van der Waals surface area contributed by atoms with Gasteiger partial charge in [-0.25, -0.2) is 4.90 Å². The summed E-state index contributed by atoms with van der Waals surface area (Å²) in [6, 6.07) is 12.0. The number of unbranched alkanes of at least 4 members (excludes halogenated alkanes) is 1. The molecule has 1 saturated heterocycles. The first-order valence-electron chi connectivity index (χ1n) is 10.4. The number of benzene rings is 1. The minimum atomic E-state index is -0.559. The Labute approximate surface area is 181 Å². The van der Waals surface area contributed by atoms with Crippen molar-refractivity contribution < 1.29 is 19.2 Å². The van der Waals surface area contributed by atoms with Crippen LogP contribution in [0.5, 0.6) is 0 Å². The lowest BCUT2D eigenvalue weighted by atomic mass is 9.90. The van der Waals surface area contributed by atoms with Gasteiger partial charge in [0.15, 0.2) is 0 Å². The van der Waals surface area contributed by atoms with E-state index in [9.17, 15) is 19.2 Å². The quantitative estimate of drug-likeness (QED) is 0.403. The summed E-state index contributed by atoms with van der Waals surface area (Å²) in [6.45, 7) is 0.517. The Morgan fingerprint density at radius 3 is 2.45 bits per heavy atom. The number of rotatable bonds is 8. The number of hydrogen-bond donors (Lipinski definition) is 1. The Bertz CT molecular complexity index is 939. The van der Waals surface area contributed by atoms with Crippen LogP contribution in [-0.2, 0) is 14.4 Å². The molecule has 160 valence electrons. The van der Waals surface area contributed by atoms with Crippen molar-refractivity contribution in [3.8, 4) is 0 Å². The molecule has 0 aliphatic carbocycles. The number of carbonyl (C=O) groups is 4. The predicted molar refractivity (Wildman–Crippen MR) is 115 cm³/mol. The zero-order chi connectivity index (χ0) is 22.1. The molecule has 7 nitrogen and oxygen atoms in total. The summed E-state index contributed by atoms with van der Waals surface area (Å²) >= 11 is 0. The van der Waals surface area contributed by atoms with Crippen LogP contribution in [0.3, 0.4) is 0 Å². The fraction of sp³-hybridized carbons (Fsp3) is 0.292. The van der Waals surface area contributed by atoms with Gasteiger partial charge in [0.05, 0.1) is 0 Å². The Kier molecular flexibility index (Phi) is 7.81. The molecule has 2 aromatic rings. The molecule has 1 aliphatic rings. The second-order valence-electron chi connectivity index (χ2n) is 7.47. The van der Waals surface area contributed by atoms with E-state index in [1.54, 1.807) is 54.9 Å². The largest absolute Gasteiger partial charge is 0.353 e. The number of nitrogens with one attached hydrogen (secondary N) is 1. The summed E-state index contributed by atoms with van der Waals surface area (Å²) in [5, 5.41) is 2.82. The average molecular weight is 419 g/mol. The molecule has 0 radical (unpaired) electrons. The number of carbonyl (C=O) groups excluding carboxylic acids is 4. The summed E-state index contributed by atoms with van der Waals surface area (Å²) in [7, 11) is 0. The normalized spacial score (nSPS) is 14.8. The van der Waals surface area contributed by atoms with Crippen LogP contribution >= 0.6 is 0 Å². The molecule has 1 aromatic carbocycles. The molecule has 0 unspecified atom stereocenters. The highest BCUT2D eigenvalue weighted by atomic mass is 16.2. The van der Waals surface area contributed by atoms with E-state index in [-0.39, 0.29) is 24.7 Å². The fourth-order valence-corrected chi connectivity index (χ4v) is 3.50. The third-order valence-corrected chi connectivity index (χ3v) is 5.10. The zero-order valence-corrected chi connectivity index (χ0v) is 17.2. The lowest BCUT2D eigenvalue weighted by molar-refractivity contribution is -0.146. The monoisotopic (exact) mass is 419 g/mol. The summed E-state index contributed by atoms with van der Waals surface area (Å²) < 4.78 is 0. The fourth-order valence-electron chi connectivity index (χ4n) is 3.50. The summed E-state index contributed by atoms with van der Waals surface area (Å²) in [5.41, 5.74) is 1.18. The van der Waals surface area contributed by atoms with Gasteiger partial charge >= 0.3 is 0 Å². The number of pyridine rings is 1. The van der Waals surface area contributed by atoms with Gasteiger partial charge in [-0.05, 0) is 48.6 Å². The molecule has 3 rings (SSSR count). The molecule has 4 amide bonds. The van der Waals surface area contributed by atoms with Crippen molar-refractivity contribution in [2.45, 2.75) is 32.1 Å². The average Bonchev–Trinajstić information content (AvgIpc) is 2.78. The summed E-state index contributed by atoms with van der Waals surface area (Å²) in [5.74, 6) is -1.69. The lowest BCUT2D eigenvalue weighted by Crippen LogP contribution is -2.46. The Morgan fingerprint density at radius 2 is 1.77 bits per heavy atom. The van der Waals surface area contributed by atoms with E-state index in [0.717, 1.165) is 23.3 Å². The third-order valence-electron chi connectivity index (χ3n) is 5.10. The number of piperidine rings is 1. The second kappa shape index (κ2) is 11.0. The van der Waals surface area contributed by atoms with Crippen molar-refractivity contribution >= 4 is 29.7 Å². The molecule has 1 fully saturated rings. The summed E-state index contributed by atoms with van der Waals surface area (Å²) in [4.78, 5) is 53.9. The van der Waals surface area contributed by atoms with Gasteiger partial charge in [0, 0.05) is 43.4 Å². The van der Waals surface area contributed by atoms with Crippen molar-refractivity contribution in [3.63, 3.8) is 0 Å². The molecule has 0 bridgehead atoms. The molecular weight excluding hydrogens is 394 g/mol. The van der Waals surface area contributed by atoms with Crippen molar-refractivity contribution in [3.05, 3.63) is 72.1 Å². The molecule has 31 heavy (non-hydrogen) atoms. The van der Waals surface area contributed by atoms with Crippen LogP contribution in [0.2, 0.25) is 0 Å². The molecule has 2 heterocycles. The zero-order valence-electron chi connectivity index (χ0n) is 17.2. The van der Waals surface area contributed by atoms with E-state index < -0.39 is 17.7 Å². The topological polar surface area (TPSA) is 96.4 Å². The van der Waals surface area contributed by atoms with E-state index in [4.69, 9.17) is 0 Å². The van der Waals surface area contributed by atoms with Gasteiger partial charge in [-0.1, -0.05) is 30.7 Å². The maximum Gasteiger partial charge on any atom is 0.267 e. The van der Waals surface area contributed by atoms with E-state index in [2.05, 4.69) is 10.3 Å². The standard InChI is InChI=1S/C24H25N3O4/c28-21(12-11-18-8-6-13-25-17-18)26-14-5-4-7-19-15-22(29)27(23(30)16-19)24(31)20-9-2-1-3-10-20/h1-3,6,8-13,17,19H,4-5,7,14-16H2,(H,26,28)/b12-11-. The van der Waals surface area contributed by atoms with Gasteiger partial charge in [-0.15, -0.1) is 0 Å². The van der Waals surface area contributed by atoms with Crippen molar-refractivity contribution in [1.29, 1.82) is 0 Å². The second-order valence-corrected chi connectivity index (χ2v) is 7.47. The highest BCUT2D eigenvalue weighted by Crippen LogP contribution is 2.25. The smallest absolute Gasteiger partial charge is 0.267 e. The molecule has 1 N–H and O–H groups in total. The van der Waals surface area contributed by atoms with E-state index >= 15 is 0 Å². The van der Waals surface area contributed by atoms with Gasteiger partial charge in [0.25, 0.3) is 5.91 Å². The maximum absolute atomic E-state index is 12.5. The highest BCUT2D eigenvalue weighted by Gasteiger charge is 2.36. The van der Waals surface area contributed by atoms with Crippen LogP contribution in [0.4, 0.5) is 0 Å². The predicted octanol–water partition coefficient (Wildman–Crippen LogP) is 2.99. The number of aromatic nitrogens is 1. The molecule has 1 aromatic heterocycles. The molecule has 1 aliphatic heterocycles. The third kappa shape index (κ3) is 6.44. The first-order chi connectivity index (χ1) is 15.0.